The number of nitrogens with zero attached hydrogens (tertiary/aromatic N) is 1. The van der Waals surface area contributed by atoms with E-state index in [0.29, 0.717) is 16.5 Å². The molecule has 0 aromatic heterocycles. The molecule has 1 unspecified atom stereocenters. The second-order valence-corrected chi connectivity index (χ2v) is 5.52. The number of carbonyl (C=O) groups is 1. The molecule has 0 aliphatic carbocycles. The first-order valence-corrected chi connectivity index (χ1v) is 6.68. The first-order chi connectivity index (χ1) is 8.50. The number of rotatable bonds is 2. The summed E-state index contributed by atoms with van der Waals surface area (Å²) in [6.07, 6.45) is 2.07. The predicted molar refractivity (Wildman–Crippen MR) is 72.0 cm³/mol. The molecular weight excluding hydrogens is 250 g/mol. The molecule has 4 heteroatoms. The molecule has 1 amide bonds. The third-order valence-electron chi connectivity index (χ3n) is 3.51. The van der Waals surface area contributed by atoms with Crippen LogP contribution in [-0.4, -0.2) is 28.5 Å². The summed E-state index contributed by atoms with van der Waals surface area (Å²) in [5, 5.41) is 9.87. The number of aromatic hydroxyl groups is 1. The smallest absolute Gasteiger partial charge is 0.255 e. The van der Waals surface area contributed by atoms with Gasteiger partial charge in [-0.3, -0.25) is 4.79 Å². The van der Waals surface area contributed by atoms with E-state index < -0.39 is 0 Å². The normalized spacial score (nSPS) is 19.6. The Labute approximate surface area is 112 Å². The van der Waals surface area contributed by atoms with Crippen LogP contribution in [0, 0.1) is 5.92 Å². The number of benzene rings is 1. The van der Waals surface area contributed by atoms with Gasteiger partial charge in [-0.1, -0.05) is 25.4 Å². The molecule has 1 saturated heterocycles. The van der Waals surface area contributed by atoms with Crippen LogP contribution in [0.25, 0.3) is 0 Å². The number of amides is 1. The van der Waals surface area contributed by atoms with Crippen molar-refractivity contribution in [1.82, 2.24) is 4.90 Å². The minimum Gasteiger partial charge on any atom is -0.508 e. The highest BCUT2D eigenvalue weighted by Gasteiger charge is 2.32. The van der Waals surface area contributed by atoms with E-state index in [9.17, 15) is 9.90 Å². The predicted octanol–water partition coefficient (Wildman–Crippen LogP) is 3.31. The number of phenolic OH excluding ortho intramolecular Hbond substituents is 1. The van der Waals surface area contributed by atoms with Gasteiger partial charge in [0.1, 0.15) is 5.75 Å². The van der Waals surface area contributed by atoms with Gasteiger partial charge in [-0.05, 0) is 37.0 Å². The second-order valence-electron chi connectivity index (χ2n) is 5.12. The summed E-state index contributed by atoms with van der Waals surface area (Å²) in [4.78, 5) is 14.3. The molecule has 1 aromatic rings. The van der Waals surface area contributed by atoms with Crippen molar-refractivity contribution in [3.63, 3.8) is 0 Å². The fraction of sp³-hybridized carbons (Fsp3) is 0.500. The average molecular weight is 268 g/mol. The molecule has 0 radical (unpaired) electrons. The molecule has 1 aromatic carbocycles. The monoisotopic (exact) mass is 267 g/mol. The summed E-state index contributed by atoms with van der Waals surface area (Å²) in [7, 11) is 0. The fourth-order valence-electron chi connectivity index (χ4n) is 2.57. The van der Waals surface area contributed by atoms with Gasteiger partial charge < -0.3 is 10.0 Å². The maximum atomic E-state index is 12.5. The van der Waals surface area contributed by atoms with Crippen LogP contribution >= 0.6 is 11.6 Å². The highest BCUT2D eigenvalue weighted by Crippen LogP contribution is 2.29. The van der Waals surface area contributed by atoms with Crippen molar-refractivity contribution in [1.29, 1.82) is 0 Å². The third kappa shape index (κ3) is 2.46. The van der Waals surface area contributed by atoms with Gasteiger partial charge in [-0.2, -0.15) is 0 Å². The molecule has 2 rings (SSSR count). The van der Waals surface area contributed by atoms with Crippen molar-refractivity contribution in [3.8, 4) is 5.75 Å². The number of likely N-dealkylation sites (tertiary alicyclic amines) is 1. The number of phenols is 1. The lowest BCUT2D eigenvalue weighted by molar-refractivity contribution is 0.0701. The molecule has 1 aliphatic rings. The van der Waals surface area contributed by atoms with Gasteiger partial charge >= 0.3 is 0 Å². The van der Waals surface area contributed by atoms with Gasteiger partial charge in [0.25, 0.3) is 5.91 Å². The number of halogens is 1. The molecule has 1 heterocycles. The van der Waals surface area contributed by atoms with Crippen molar-refractivity contribution in [2.75, 3.05) is 6.54 Å². The van der Waals surface area contributed by atoms with E-state index in [2.05, 4.69) is 13.8 Å². The Morgan fingerprint density at radius 1 is 1.50 bits per heavy atom. The van der Waals surface area contributed by atoms with Crippen LogP contribution in [-0.2, 0) is 0 Å². The molecule has 1 atom stereocenters. The van der Waals surface area contributed by atoms with Gasteiger partial charge in [0.05, 0.1) is 10.6 Å². The molecule has 1 aliphatic heterocycles. The zero-order valence-electron chi connectivity index (χ0n) is 10.7. The molecular formula is C14H18ClNO2. The van der Waals surface area contributed by atoms with E-state index in [-0.39, 0.29) is 17.7 Å². The van der Waals surface area contributed by atoms with Gasteiger partial charge in [-0.15, -0.1) is 0 Å². The van der Waals surface area contributed by atoms with E-state index in [1.54, 1.807) is 6.07 Å². The van der Waals surface area contributed by atoms with Crippen molar-refractivity contribution >= 4 is 17.5 Å². The molecule has 1 N–H and O–H groups in total. The lowest BCUT2D eigenvalue weighted by Gasteiger charge is -2.28. The standard InChI is InChI=1S/C14H18ClNO2/c1-9(2)13-4-3-7-16(13)14(18)11-8-10(17)5-6-12(11)15/h5-6,8-9,13,17H,3-4,7H2,1-2H3. The van der Waals surface area contributed by atoms with Crippen molar-refractivity contribution in [2.24, 2.45) is 5.92 Å². The Bertz CT molecular complexity index is 459. The van der Waals surface area contributed by atoms with Crippen LogP contribution in [0.3, 0.4) is 0 Å². The van der Waals surface area contributed by atoms with E-state index >= 15 is 0 Å². The summed E-state index contributed by atoms with van der Waals surface area (Å²) >= 11 is 6.04. The van der Waals surface area contributed by atoms with Crippen LogP contribution in [0.2, 0.25) is 5.02 Å². The number of carbonyl (C=O) groups excluding carboxylic acids is 1. The number of hydrogen-bond acceptors (Lipinski definition) is 2. The molecule has 0 saturated carbocycles. The maximum absolute atomic E-state index is 12.5. The Balaban J connectivity index is 2.28. The lowest BCUT2D eigenvalue weighted by Crippen LogP contribution is -2.38. The van der Waals surface area contributed by atoms with Crippen molar-refractivity contribution < 1.29 is 9.90 Å². The Morgan fingerprint density at radius 3 is 2.89 bits per heavy atom. The van der Waals surface area contributed by atoms with Crippen molar-refractivity contribution in [3.05, 3.63) is 28.8 Å². The maximum Gasteiger partial charge on any atom is 0.255 e. The minimum absolute atomic E-state index is 0.0723. The zero-order valence-corrected chi connectivity index (χ0v) is 11.4. The first kappa shape index (κ1) is 13.2. The average Bonchev–Trinajstić information content (AvgIpc) is 2.80. The molecule has 3 nitrogen and oxygen atoms in total. The second kappa shape index (κ2) is 5.19. The Morgan fingerprint density at radius 2 is 2.22 bits per heavy atom. The van der Waals surface area contributed by atoms with Gasteiger partial charge in [0.2, 0.25) is 0 Å². The van der Waals surface area contributed by atoms with Crippen LogP contribution in [0.5, 0.6) is 5.75 Å². The lowest BCUT2D eigenvalue weighted by atomic mass is 10.0. The van der Waals surface area contributed by atoms with Gasteiger partial charge in [0, 0.05) is 12.6 Å². The Hall–Kier alpha value is -1.22. The quantitative estimate of drug-likeness (QED) is 0.893. The van der Waals surface area contributed by atoms with Crippen LogP contribution < -0.4 is 0 Å². The molecule has 0 bridgehead atoms. The third-order valence-corrected chi connectivity index (χ3v) is 3.84. The summed E-state index contributed by atoms with van der Waals surface area (Å²) in [6, 6.07) is 4.77. The molecule has 1 fully saturated rings. The largest absolute Gasteiger partial charge is 0.508 e. The van der Waals surface area contributed by atoms with Crippen molar-refractivity contribution in [2.45, 2.75) is 32.7 Å². The van der Waals surface area contributed by atoms with E-state index in [4.69, 9.17) is 11.6 Å². The van der Waals surface area contributed by atoms with Gasteiger partial charge in [0.15, 0.2) is 0 Å². The summed E-state index contributed by atoms with van der Waals surface area (Å²) in [5.74, 6) is 0.433. The Kier molecular flexibility index (Phi) is 3.81. The highest BCUT2D eigenvalue weighted by atomic mass is 35.5. The van der Waals surface area contributed by atoms with Gasteiger partial charge in [-0.25, -0.2) is 0 Å². The summed E-state index contributed by atoms with van der Waals surface area (Å²) < 4.78 is 0. The molecule has 18 heavy (non-hydrogen) atoms. The summed E-state index contributed by atoms with van der Waals surface area (Å²) in [6.45, 7) is 5.02. The van der Waals surface area contributed by atoms with E-state index in [1.165, 1.54) is 12.1 Å². The topological polar surface area (TPSA) is 40.5 Å². The first-order valence-electron chi connectivity index (χ1n) is 6.30. The highest BCUT2D eigenvalue weighted by molar-refractivity contribution is 6.33. The SMILES string of the molecule is CC(C)C1CCCN1C(=O)c1cc(O)ccc1Cl. The minimum atomic E-state index is -0.0768. The van der Waals surface area contributed by atoms with Crippen LogP contribution in [0.4, 0.5) is 0 Å². The van der Waals surface area contributed by atoms with E-state index in [1.807, 2.05) is 4.90 Å². The molecule has 0 spiro atoms. The fourth-order valence-corrected chi connectivity index (χ4v) is 2.77. The molecule has 98 valence electrons. The van der Waals surface area contributed by atoms with E-state index in [0.717, 1.165) is 19.4 Å². The van der Waals surface area contributed by atoms with Crippen LogP contribution in [0.1, 0.15) is 37.0 Å². The summed E-state index contributed by atoms with van der Waals surface area (Å²) in [5.41, 5.74) is 0.393. The zero-order chi connectivity index (χ0) is 13.3. The van der Waals surface area contributed by atoms with Crippen LogP contribution in [0.15, 0.2) is 18.2 Å². The number of hydrogen-bond donors (Lipinski definition) is 1.